The van der Waals surface area contributed by atoms with E-state index in [1.54, 1.807) is 16.7 Å². The molecule has 0 aliphatic rings. The fourth-order valence-corrected chi connectivity index (χ4v) is 5.41. The number of aromatic nitrogens is 4. The molecule has 0 aliphatic carbocycles. The highest BCUT2D eigenvalue weighted by atomic mass is 32.2. The number of fused-ring (bicyclic) bond motifs is 3. The van der Waals surface area contributed by atoms with Gasteiger partial charge in [-0.2, -0.15) is 0 Å². The summed E-state index contributed by atoms with van der Waals surface area (Å²) in [5, 5.41) is 12.3. The van der Waals surface area contributed by atoms with E-state index in [1.165, 1.54) is 11.8 Å². The normalized spacial score (nSPS) is 12.1. The number of benzene rings is 3. The zero-order valence-electron chi connectivity index (χ0n) is 20.0. The maximum Gasteiger partial charge on any atom is 0.263 e. The molecule has 1 atom stereocenters. The monoisotopic (exact) mass is 495 g/mol. The number of hydrogen-bond acceptors (Lipinski definition) is 5. The molecule has 0 bridgehead atoms. The number of rotatable bonds is 7. The molecule has 5 aromatic rings. The quantitative estimate of drug-likeness (QED) is 0.244. The lowest BCUT2D eigenvalue weighted by atomic mass is 10.1. The maximum atomic E-state index is 13.6. The fourth-order valence-electron chi connectivity index (χ4n) is 4.36. The van der Waals surface area contributed by atoms with Crippen molar-refractivity contribution in [3.05, 3.63) is 112 Å². The number of carbonyl (C=O) groups excluding carboxylic acids is 1. The number of nitrogens with zero attached hydrogens (tertiary/aromatic N) is 4. The molecular weight excluding hydrogens is 470 g/mol. The van der Waals surface area contributed by atoms with Crippen LogP contribution in [0.2, 0.25) is 0 Å². The van der Waals surface area contributed by atoms with Crippen LogP contribution in [0.4, 0.5) is 5.69 Å². The van der Waals surface area contributed by atoms with Crippen LogP contribution in [0.5, 0.6) is 0 Å². The first-order valence-corrected chi connectivity index (χ1v) is 12.4. The summed E-state index contributed by atoms with van der Waals surface area (Å²) in [6.45, 7) is 8.08. The third-order valence-electron chi connectivity index (χ3n) is 5.84. The Labute approximate surface area is 212 Å². The second kappa shape index (κ2) is 9.83. The van der Waals surface area contributed by atoms with Crippen LogP contribution in [-0.2, 0) is 11.3 Å². The van der Waals surface area contributed by atoms with Crippen molar-refractivity contribution in [3.63, 3.8) is 0 Å². The molecule has 2 aromatic heterocycles. The molecule has 180 valence electrons. The van der Waals surface area contributed by atoms with Crippen LogP contribution in [0.1, 0.15) is 21.9 Å². The maximum absolute atomic E-state index is 13.6. The van der Waals surface area contributed by atoms with Gasteiger partial charge in [-0.3, -0.25) is 18.6 Å². The van der Waals surface area contributed by atoms with Crippen LogP contribution >= 0.6 is 11.8 Å². The molecule has 0 saturated carbocycles. The summed E-state index contributed by atoms with van der Waals surface area (Å²) in [6.07, 6.45) is 1.65. The Hall–Kier alpha value is -4.17. The molecule has 0 saturated heterocycles. The number of allylic oxidation sites excluding steroid dienone is 1. The van der Waals surface area contributed by atoms with Gasteiger partial charge in [-0.25, -0.2) is 0 Å². The van der Waals surface area contributed by atoms with Gasteiger partial charge in [0.2, 0.25) is 11.7 Å². The minimum Gasteiger partial charge on any atom is -0.325 e. The largest absolute Gasteiger partial charge is 0.325 e. The highest BCUT2D eigenvalue weighted by Crippen LogP contribution is 2.36. The van der Waals surface area contributed by atoms with E-state index in [0.29, 0.717) is 28.4 Å². The lowest BCUT2D eigenvalue weighted by molar-refractivity contribution is -0.115. The van der Waals surface area contributed by atoms with E-state index >= 15 is 0 Å². The highest BCUT2D eigenvalue weighted by Gasteiger charge is 2.26. The van der Waals surface area contributed by atoms with Gasteiger partial charge in [0.15, 0.2) is 5.16 Å². The SMILES string of the molecule is C=CCn1c(=O)c2ccccc2n2c(S[C@@H](C(=O)Nc3cc(C)cc(C)c3)c3ccccc3)nnc12. The number of thioether (sulfide) groups is 1. The Kier molecular flexibility index (Phi) is 6.43. The van der Waals surface area contributed by atoms with Crippen LogP contribution in [-0.4, -0.2) is 25.1 Å². The minimum atomic E-state index is -0.599. The molecule has 0 radical (unpaired) electrons. The average Bonchev–Trinajstić information content (AvgIpc) is 3.28. The molecule has 5 rings (SSSR count). The van der Waals surface area contributed by atoms with Crippen molar-refractivity contribution in [3.8, 4) is 0 Å². The van der Waals surface area contributed by atoms with Gasteiger partial charge < -0.3 is 5.32 Å². The van der Waals surface area contributed by atoms with Crippen LogP contribution in [0.3, 0.4) is 0 Å². The Morgan fingerprint density at radius 1 is 1.03 bits per heavy atom. The van der Waals surface area contributed by atoms with Crippen molar-refractivity contribution in [2.75, 3.05) is 5.32 Å². The lowest BCUT2D eigenvalue weighted by Crippen LogP contribution is -2.23. The van der Waals surface area contributed by atoms with Crippen molar-refractivity contribution >= 4 is 40.0 Å². The molecular formula is C28H25N5O2S. The standard InChI is InChI=1S/C28H25N5O2S/c1-4-14-32-26(35)22-12-8-9-13-23(22)33-27(32)30-31-28(33)36-24(20-10-6-5-7-11-20)25(34)29-21-16-18(2)15-19(3)17-21/h4-13,15-17,24H,1,14H2,2-3H3,(H,29,34)/t24-/m1/s1. The molecule has 2 heterocycles. The van der Waals surface area contributed by atoms with Gasteiger partial charge in [-0.15, -0.1) is 16.8 Å². The smallest absolute Gasteiger partial charge is 0.263 e. The number of aryl methyl sites for hydroxylation is 2. The molecule has 8 heteroatoms. The van der Waals surface area contributed by atoms with E-state index in [0.717, 1.165) is 22.4 Å². The zero-order chi connectivity index (χ0) is 25.2. The van der Waals surface area contributed by atoms with Crippen molar-refractivity contribution < 1.29 is 4.79 Å². The molecule has 1 N–H and O–H groups in total. The van der Waals surface area contributed by atoms with E-state index in [4.69, 9.17) is 0 Å². The molecule has 0 spiro atoms. The second-order valence-electron chi connectivity index (χ2n) is 8.61. The van der Waals surface area contributed by atoms with Crippen LogP contribution in [0.25, 0.3) is 16.7 Å². The van der Waals surface area contributed by atoms with E-state index in [9.17, 15) is 9.59 Å². The topological polar surface area (TPSA) is 81.3 Å². The van der Waals surface area contributed by atoms with Gasteiger partial charge in [-0.05, 0) is 54.8 Å². The number of nitrogens with one attached hydrogen (secondary N) is 1. The van der Waals surface area contributed by atoms with Crippen LogP contribution in [0.15, 0.2) is 95.4 Å². The molecule has 0 fully saturated rings. The molecule has 1 amide bonds. The molecule has 0 aliphatic heterocycles. The van der Waals surface area contributed by atoms with Crippen LogP contribution < -0.4 is 10.9 Å². The predicted octanol–water partition coefficient (Wildman–Crippen LogP) is 5.32. The number of carbonyl (C=O) groups is 1. The lowest BCUT2D eigenvalue weighted by Gasteiger charge is -2.17. The summed E-state index contributed by atoms with van der Waals surface area (Å²) in [5.74, 6) is 0.235. The summed E-state index contributed by atoms with van der Waals surface area (Å²) in [7, 11) is 0. The van der Waals surface area contributed by atoms with E-state index in [2.05, 4.69) is 28.2 Å². The van der Waals surface area contributed by atoms with Crippen molar-refractivity contribution in [2.24, 2.45) is 0 Å². The Morgan fingerprint density at radius 2 is 1.72 bits per heavy atom. The first-order chi connectivity index (χ1) is 17.5. The summed E-state index contributed by atoms with van der Waals surface area (Å²) in [4.78, 5) is 26.7. The molecule has 36 heavy (non-hydrogen) atoms. The van der Waals surface area contributed by atoms with Gasteiger partial charge >= 0.3 is 0 Å². The zero-order valence-corrected chi connectivity index (χ0v) is 20.8. The van der Waals surface area contributed by atoms with Crippen molar-refractivity contribution in [1.29, 1.82) is 0 Å². The summed E-state index contributed by atoms with van der Waals surface area (Å²) < 4.78 is 3.38. The van der Waals surface area contributed by atoms with Crippen LogP contribution in [0, 0.1) is 13.8 Å². The van der Waals surface area contributed by atoms with Crippen molar-refractivity contribution in [1.82, 2.24) is 19.2 Å². The first-order valence-electron chi connectivity index (χ1n) is 11.5. The Balaban J connectivity index is 1.62. The molecule has 0 unspecified atom stereocenters. The Bertz CT molecular complexity index is 1640. The van der Waals surface area contributed by atoms with E-state index in [1.807, 2.05) is 78.9 Å². The first kappa shape index (κ1) is 23.6. The number of anilines is 1. The van der Waals surface area contributed by atoms with Gasteiger partial charge in [0, 0.05) is 12.2 Å². The number of hydrogen-bond donors (Lipinski definition) is 1. The third kappa shape index (κ3) is 4.43. The highest BCUT2D eigenvalue weighted by molar-refractivity contribution is 8.00. The summed E-state index contributed by atoms with van der Waals surface area (Å²) in [5.41, 5.74) is 4.26. The average molecular weight is 496 g/mol. The number of amides is 1. The van der Waals surface area contributed by atoms with Gasteiger partial charge in [0.05, 0.1) is 10.9 Å². The second-order valence-corrected chi connectivity index (χ2v) is 9.69. The minimum absolute atomic E-state index is 0.158. The fraction of sp³-hybridized carbons (Fsp3) is 0.143. The van der Waals surface area contributed by atoms with E-state index in [-0.39, 0.29) is 11.5 Å². The molecule has 7 nitrogen and oxygen atoms in total. The third-order valence-corrected chi connectivity index (χ3v) is 7.04. The number of para-hydroxylation sites is 1. The van der Waals surface area contributed by atoms with Gasteiger partial charge in [-0.1, -0.05) is 66.4 Å². The summed E-state index contributed by atoms with van der Waals surface area (Å²) >= 11 is 1.30. The predicted molar refractivity (Wildman–Crippen MR) is 145 cm³/mol. The van der Waals surface area contributed by atoms with Gasteiger partial charge in [0.1, 0.15) is 5.25 Å². The summed E-state index contributed by atoms with van der Waals surface area (Å²) in [6, 6.07) is 22.9. The van der Waals surface area contributed by atoms with E-state index < -0.39 is 5.25 Å². The van der Waals surface area contributed by atoms with Gasteiger partial charge in [0.25, 0.3) is 5.56 Å². The Morgan fingerprint density at radius 3 is 2.44 bits per heavy atom. The molecule has 3 aromatic carbocycles. The van der Waals surface area contributed by atoms with Crippen molar-refractivity contribution in [2.45, 2.75) is 30.8 Å².